The summed E-state index contributed by atoms with van der Waals surface area (Å²) < 4.78 is 13.4. The minimum atomic E-state index is -1.37. The highest BCUT2D eigenvalue weighted by Crippen LogP contribution is 2.25. The summed E-state index contributed by atoms with van der Waals surface area (Å²) >= 11 is 0. The highest BCUT2D eigenvalue weighted by molar-refractivity contribution is 5.94. The zero-order valence-electron chi connectivity index (χ0n) is 10.8. The first kappa shape index (κ1) is 14.4. The molecule has 7 nitrogen and oxygen atoms in total. The highest BCUT2D eigenvalue weighted by atomic mass is 19.1. The van der Waals surface area contributed by atoms with Crippen LogP contribution in [0.3, 0.4) is 0 Å². The average Bonchev–Trinajstić information content (AvgIpc) is 2.43. The second-order valence-corrected chi connectivity index (χ2v) is 4.19. The predicted octanol–water partition coefficient (Wildman–Crippen LogP) is 2.88. The van der Waals surface area contributed by atoms with Crippen molar-refractivity contribution in [2.24, 2.45) is 0 Å². The topological polar surface area (TPSA) is 105 Å². The van der Waals surface area contributed by atoms with Gasteiger partial charge in [-0.25, -0.2) is 14.2 Å². The Balaban J connectivity index is 2.46. The number of carbonyl (C=O) groups is 1. The van der Waals surface area contributed by atoms with Crippen LogP contribution >= 0.6 is 0 Å². The van der Waals surface area contributed by atoms with Crippen molar-refractivity contribution in [2.75, 3.05) is 5.32 Å². The van der Waals surface area contributed by atoms with Crippen LogP contribution in [0.25, 0.3) is 0 Å². The molecule has 1 aromatic carbocycles. The van der Waals surface area contributed by atoms with Crippen LogP contribution in [0.5, 0.6) is 0 Å². The molecule has 108 valence electrons. The molecule has 8 heteroatoms. The van der Waals surface area contributed by atoms with Crippen LogP contribution in [-0.2, 0) is 0 Å². The van der Waals surface area contributed by atoms with Gasteiger partial charge in [-0.1, -0.05) is 6.07 Å². The number of anilines is 2. The summed E-state index contributed by atoms with van der Waals surface area (Å²) in [7, 11) is 0. The molecular weight excluding hydrogens is 281 g/mol. The number of nitrogens with zero attached hydrogens (tertiary/aromatic N) is 2. The summed E-state index contributed by atoms with van der Waals surface area (Å²) in [6.45, 7) is 1.52. The van der Waals surface area contributed by atoms with Gasteiger partial charge in [-0.2, -0.15) is 0 Å². The quantitative estimate of drug-likeness (QED) is 0.662. The van der Waals surface area contributed by atoms with Crippen LogP contribution < -0.4 is 5.32 Å². The number of carboxylic acids is 1. The molecule has 0 atom stereocenters. The Hall–Kier alpha value is -3.03. The van der Waals surface area contributed by atoms with Crippen LogP contribution in [0.1, 0.15) is 15.9 Å². The SMILES string of the molecule is Cc1c(F)cccc1Nc1ncc([N+](=O)[O-])cc1C(=O)O. The molecule has 1 heterocycles. The van der Waals surface area contributed by atoms with Crippen molar-refractivity contribution < 1.29 is 19.2 Å². The van der Waals surface area contributed by atoms with Gasteiger partial charge in [0.1, 0.15) is 23.4 Å². The first-order chi connectivity index (χ1) is 9.90. The maximum atomic E-state index is 13.4. The maximum absolute atomic E-state index is 13.4. The first-order valence-electron chi connectivity index (χ1n) is 5.80. The first-order valence-corrected chi connectivity index (χ1v) is 5.80. The van der Waals surface area contributed by atoms with Crippen molar-refractivity contribution in [3.8, 4) is 0 Å². The molecule has 0 saturated heterocycles. The molecule has 0 aliphatic carbocycles. The molecule has 0 saturated carbocycles. The minimum absolute atomic E-state index is 0.0956. The maximum Gasteiger partial charge on any atom is 0.339 e. The number of hydrogen-bond donors (Lipinski definition) is 2. The largest absolute Gasteiger partial charge is 0.478 e. The smallest absolute Gasteiger partial charge is 0.339 e. The predicted molar refractivity (Wildman–Crippen MR) is 72.3 cm³/mol. The minimum Gasteiger partial charge on any atom is -0.478 e. The summed E-state index contributed by atoms with van der Waals surface area (Å²) in [5.74, 6) is -1.93. The molecule has 21 heavy (non-hydrogen) atoms. The zero-order chi connectivity index (χ0) is 15.6. The molecule has 2 rings (SSSR count). The van der Waals surface area contributed by atoms with E-state index >= 15 is 0 Å². The van der Waals surface area contributed by atoms with Crippen LogP contribution in [-0.4, -0.2) is 21.0 Å². The van der Waals surface area contributed by atoms with E-state index in [1.807, 2.05) is 0 Å². The van der Waals surface area contributed by atoms with Crippen LogP contribution in [0.15, 0.2) is 30.5 Å². The van der Waals surface area contributed by atoms with E-state index in [0.29, 0.717) is 5.69 Å². The fourth-order valence-electron chi connectivity index (χ4n) is 1.69. The molecule has 0 spiro atoms. The van der Waals surface area contributed by atoms with Crippen molar-refractivity contribution in [1.29, 1.82) is 0 Å². The van der Waals surface area contributed by atoms with Gasteiger partial charge in [0, 0.05) is 17.3 Å². The van der Waals surface area contributed by atoms with E-state index in [9.17, 15) is 19.3 Å². The summed E-state index contributed by atoms with van der Waals surface area (Å²) in [6, 6.07) is 5.16. The molecule has 0 aliphatic heterocycles. The molecule has 1 aromatic heterocycles. The molecule has 0 aliphatic rings. The van der Waals surface area contributed by atoms with Crippen molar-refractivity contribution in [1.82, 2.24) is 4.98 Å². The van der Waals surface area contributed by atoms with E-state index in [1.54, 1.807) is 6.07 Å². The van der Waals surface area contributed by atoms with Crippen molar-refractivity contribution in [3.05, 3.63) is 57.5 Å². The van der Waals surface area contributed by atoms with Gasteiger partial charge >= 0.3 is 5.97 Å². The van der Waals surface area contributed by atoms with Gasteiger partial charge in [0.05, 0.1) is 4.92 Å². The summed E-state index contributed by atoms with van der Waals surface area (Å²) in [5, 5.41) is 22.4. The normalized spacial score (nSPS) is 10.2. The number of hydrogen-bond acceptors (Lipinski definition) is 5. The average molecular weight is 291 g/mol. The Labute approximate surface area is 118 Å². The van der Waals surface area contributed by atoms with Gasteiger partial charge in [0.2, 0.25) is 0 Å². The van der Waals surface area contributed by atoms with Crippen molar-refractivity contribution in [3.63, 3.8) is 0 Å². The van der Waals surface area contributed by atoms with Crippen molar-refractivity contribution in [2.45, 2.75) is 6.92 Å². The van der Waals surface area contributed by atoms with Gasteiger partial charge in [0.25, 0.3) is 5.69 Å². The third-order valence-electron chi connectivity index (χ3n) is 2.84. The molecule has 0 fully saturated rings. The molecule has 0 unspecified atom stereocenters. The number of nitrogens with one attached hydrogen (secondary N) is 1. The van der Waals surface area contributed by atoms with Crippen molar-refractivity contribution >= 4 is 23.2 Å². The standard InChI is InChI=1S/C13H10FN3O4/c1-7-10(14)3-2-4-11(7)16-12-9(13(18)19)5-8(6-15-12)17(20)21/h2-6H,1H3,(H,15,16)(H,18,19). The highest BCUT2D eigenvalue weighted by Gasteiger charge is 2.18. The summed E-state index contributed by atoms with van der Waals surface area (Å²) in [5.41, 5.74) is -0.186. The Morgan fingerprint density at radius 1 is 1.48 bits per heavy atom. The van der Waals surface area contributed by atoms with Gasteiger partial charge in [-0.3, -0.25) is 10.1 Å². The van der Waals surface area contributed by atoms with Gasteiger partial charge in [0.15, 0.2) is 0 Å². The van der Waals surface area contributed by atoms with Crippen LogP contribution in [0.2, 0.25) is 0 Å². The number of aromatic carboxylic acids is 1. The van der Waals surface area contributed by atoms with E-state index in [0.717, 1.165) is 12.3 Å². The Morgan fingerprint density at radius 2 is 2.19 bits per heavy atom. The monoisotopic (exact) mass is 291 g/mol. The lowest BCUT2D eigenvalue weighted by atomic mass is 10.1. The summed E-state index contributed by atoms with van der Waals surface area (Å²) in [4.78, 5) is 24.8. The fraction of sp³-hybridized carbons (Fsp3) is 0.0769. The third kappa shape index (κ3) is 2.94. The molecule has 2 N–H and O–H groups in total. The second-order valence-electron chi connectivity index (χ2n) is 4.19. The van der Waals surface area contributed by atoms with E-state index in [4.69, 9.17) is 5.11 Å². The lowest BCUT2D eigenvalue weighted by Crippen LogP contribution is -2.07. The molecule has 0 amide bonds. The van der Waals surface area contributed by atoms with Crippen LogP contribution in [0, 0.1) is 22.9 Å². The molecule has 0 bridgehead atoms. The number of nitro groups is 1. The number of pyridine rings is 1. The Bertz CT molecular complexity index is 733. The lowest BCUT2D eigenvalue weighted by molar-refractivity contribution is -0.385. The number of rotatable bonds is 4. The molecule has 0 radical (unpaired) electrons. The third-order valence-corrected chi connectivity index (χ3v) is 2.84. The van der Waals surface area contributed by atoms with E-state index in [2.05, 4.69) is 10.3 Å². The Kier molecular flexibility index (Phi) is 3.79. The van der Waals surface area contributed by atoms with E-state index in [-0.39, 0.29) is 16.9 Å². The number of halogens is 1. The summed E-state index contributed by atoms with van der Waals surface area (Å²) in [6.07, 6.45) is 0.934. The molecule has 2 aromatic rings. The zero-order valence-corrected chi connectivity index (χ0v) is 10.8. The van der Waals surface area contributed by atoms with Gasteiger partial charge < -0.3 is 10.4 Å². The Morgan fingerprint density at radius 3 is 2.81 bits per heavy atom. The number of carboxylic acid groups (broad SMARTS) is 1. The van der Waals surface area contributed by atoms with Crippen LogP contribution in [0.4, 0.5) is 21.6 Å². The second kappa shape index (κ2) is 5.53. The van der Waals surface area contributed by atoms with E-state index in [1.165, 1.54) is 19.1 Å². The van der Waals surface area contributed by atoms with Gasteiger partial charge in [-0.05, 0) is 19.1 Å². The van der Waals surface area contributed by atoms with E-state index < -0.39 is 22.4 Å². The lowest BCUT2D eigenvalue weighted by Gasteiger charge is -2.11. The molecular formula is C13H10FN3O4. The number of benzene rings is 1. The number of aromatic nitrogens is 1. The van der Waals surface area contributed by atoms with Gasteiger partial charge in [-0.15, -0.1) is 0 Å². The fourth-order valence-corrected chi connectivity index (χ4v) is 1.69.